The second kappa shape index (κ2) is 4.87. The lowest BCUT2D eigenvalue weighted by molar-refractivity contribution is 0.392. The van der Waals surface area contributed by atoms with E-state index in [2.05, 4.69) is 31.4 Å². The average Bonchev–Trinajstić information content (AvgIpc) is 2.61. The molecule has 0 aliphatic carbocycles. The maximum atomic E-state index is 5.11. The first-order valence-electron chi connectivity index (χ1n) is 5.36. The Bertz CT molecular complexity index is 517. The molecule has 0 bridgehead atoms. The number of nitrogens with zero attached hydrogens (tertiary/aromatic N) is 2. The molecule has 90 valence electrons. The Morgan fingerprint density at radius 2 is 2.00 bits per heavy atom. The van der Waals surface area contributed by atoms with Crippen LogP contribution in [0.3, 0.4) is 0 Å². The predicted molar refractivity (Wildman–Crippen MR) is 70.0 cm³/mol. The van der Waals surface area contributed by atoms with Gasteiger partial charge in [-0.05, 0) is 48.8 Å². The molecule has 0 fully saturated rings. The topological polar surface area (TPSA) is 51.0 Å². The Kier molecular flexibility index (Phi) is 3.47. The molecule has 0 saturated heterocycles. The minimum Gasteiger partial charge on any atom is -0.366 e. The Morgan fingerprint density at radius 1 is 1.24 bits per heavy atom. The van der Waals surface area contributed by atoms with E-state index in [-0.39, 0.29) is 0 Å². The zero-order valence-corrected chi connectivity index (χ0v) is 11.6. The second-order valence-electron chi connectivity index (χ2n) is 3.92. The normalized spacial score (nSPS) is 10.6. The first kappa shape index (κ1) is 12.1. The SMILES string of the molecule is Cc1nc(NCc2c(C)noc2C)ccc1Br. The van der Waals surface area contributed by atoms with E-state index >= 15 is 0 Å². The van der Waals surface area contributed by atoms with Gasteiger partial charge in [0.1, 0.15) is 11.6 Å². The van der Waals surface area contributed by atoms with Crippen LogP contribution in [-0.2, 0) is 6.54 Å². The summed E-state index contributed by atoms with van der Waals surface area (Å²) in [4.78, 5) is 4.42. The van der Waals surface area contributed by atoms with Gasteiger partial charge in [0.2, 0.25) is 0 Å². The summed E-state index contributed by atoms with van der Waals surface area (Å²) in [5.74, 6) is 1.70. The van der Waals surface area contributed by atoms with Crippen LogP contribution in [0, 0.1) is 20.8 Å². The third-order valence-corrected chi connectivity index (χ3v) is 3.49. The number of aromatic nitrogens is 2. The maximum Gasteiger partial charge on any atom is 0.138 e. The van der Waals surface area contributed by atoms with Gasteiger partial charge in [0, 0.05) is 16.6 Å². The summed E-state index contributed by atoms with van der Waals surface area (Å²) < 4.78 is 6.12. The minimum atomic E-state index is 0.676. The standard InChI is InChI=1S/C12H14BrN3O/c1-7-10(9(3)17-16-7)6-14-12-5-4-11(13)8(2)15-12/h4-5H,6H2,1-3H3,(H,14,15). The third-order valence-electron chi connectivity index (χ3n) is 2.65. The van der Waals surface area contributed by atoms with Crippen LogP contribution in [0.2, 0.25) is 0 Å². The smallest absolute Gasteiger partial charge is 0.138 e. The van der Waals surface area contributed by atoms with E-state index in [0.717, 1.165) is 33.0 Å². The highest BCUT2D eigenvalue weighted by Crippen LogP contribution is 2.18. The number of anilines is 1. The van der Waals surface area contributed by atoms with Gasteiger partial charge in [-0.15, -0.1) is 0 Å². The number of aryl methyl sites for hydroxylation is 3. The lowest BCUT2D eigenvalue weighted by atomic mass is 10.2. The largest absolute Gasteiger partial charge is 0.366 e. The quantitative estimate of drug-likeness (QED) is 0.943. The fourth-order valence-electron chi connectivity index (χ4n) is 1.58. The van der Waals surface area contributed by atoms with Crippen molar-refractivity contribution in [2.24, 2.45) is 0 Å². The zero-order chi connectivity index (χ0) is 12.4. The molecule has 2 rings (SSSR count). The number of hydrogen-bond acceptors (Lipinski definition) is 4. The van der Waals surface area contributed by atoms with Crippen LogP contribution in [0.5, 0.6) is 0 Å². The molecule has 0 aliphatic heterocycles. The molecule has 2 aromatic rings. The first-order chi connectivity index (χ1) is 8.08. The van der Waals surface area contributed by atoms with Crippen LogP contribution in [0.15, 0.2) is 21.1 Å². The number of hydrogen-bond donors (Lipinski definition) is 1. The van der Waals surface area contributed by atoms with Crippen molar-refractivity contribution >= 4 is 21.7 Å². The van der Waals surface area contributed by atoms with Crippen LogP contribution < -0.4 is 5.32 Å². The lowest BCUT2D eigenvalue weighted by Gasteiger charge is -2.06. The zero-order valence-electron chi connectivity index (χ0n) is 10.0. The summed E-state index contributed by atoms with van der Waals surface area (Å²) in [6.07, 6.45) is 0. The average molecular weight is 296 g/mol. The molecular formula is C12H14BrN3O. The molecular weight excluding hydrogens is 282 g/mol. The van der Waals surface area contributed by atoms with Gasteiger partial charge in [0.25, 0.3) is 0 Å². The van der Waals surface area contributed by atoms with Crippen LogP contribution >= 0.6 is 15.9 Å². The Labute approximate surface area is 109 Å². The van der Waals surface area contributed by atoms with E-state index < -0.39 is 0 Å². The maximum absolute atomic E-state index is 5.11. The molecule has 0 spiro atoms. The van der Waals surface area contributed by atoms with Crippen LogP contribution in [0.4, 0.5) is 5.82 Å². The third kappa shape index (κ3) is 2.66. The number of rotatable bonds is 3. The summed E-state index contributed by atoms with van der Waals surface area (Å²) in [7, 11) is 0. The van der Waals surface area contributed by atoms with Gasteiger partial charge in [-0.2, -0.15) is 0 Å². The van der Waals surface area contributed by atoms with Crippen LogP contribution in [-0.4, -0.2) is 10.1 Å². The highest BCUT2D eigenvalue weighted by atomic mass is 79.9. The van der Waals surface area contributed by atoms with Crippen LogP contribution in [0.1, 0.15) is 22.7 Å². The fourth-order valence-corrected chi connectivity index (χ4v) is 1.80. The summed E-state index contributed by atoms with van der Waals surface area (Å²) in [5, 5.41) is 7.18. The molecule has 0 radical (unpaired) electrons. The lowest BCUT2D eigenvalue weighted by Crippen LogP contribution is -2.03. The van der Waals surface area contributed by atoms with Crippen molar-refractivity contribution in [3.63, 3.8) is 0 Å². The van der Waals surface area contributed by atoms with E-state index in [4.69, 9.17) is 4.52 Å². The van der Waals surface area contributed by atoms with Crippen molar-refractivity contribution in [3.8, 4) is 0 Å². The highest BCUT2D eigenvalue weighted by molar-refractivity contribution is 9.10. The van der Waals surface area contributed by atoms with Gasteiger partial charge >= 0.3 is 0 Å². The van der Waals surface area contributed by atoms with Gasteiger partial charge < -0.3 is 9.84 Å². The molecule has 0 saturated carbocycles. The summed E-state index contributed by atoms with van der Waals surface area (Å²) in [6.45, 7) is 6.49. The number of pyridine rings is 1. The van der Waals surface area contributed by atoms with E-state index in [0.29, 0.717) is 6.54 Å². The molecule has 2 heterocycles. The Balaban J connectivity index is 2.10. The monoisotopic (exact) mass is 295 g/mol. The van der Waals surface area contributed by atoms with E-state index in [1.165, 1.54) is 0 Å². The summed E-state index contributed by atoms with van der Waals surface area (Å²) >= 11 is 3.43. The minimum absolute atomic E-state index is 0.676. The van der Waals surface area contributed by atoms with Gasteiger partial charge in [-0.1, -0.05) is 5.16 Å². The van der Waals surface area contributed by atoms with Crippen molar-refractivity contribution in [1.29, 1.82) is 0 Å². The fraction of sp³-hybridized carbons (Fsp3) is 0.333. The van der Waals surface area contributed by atoms with Gasteiger partial charge in [0.05, 0.1) is 11.4 Å². The Hall–Kier alpha value is -1.36. The van der Waals surface area contributed by atoms with Crippen molar-refractivity contribution in [3.05, 3.63) is 39.3 Å². The van der Waals surface area contributed by atoms with Gasteiger partial charge in [-0.3, -0.25) is 0 Å². The van der Waals surface area contributed by atoms with E-state index in [1.54, 1.807) is 0 Å². The highest BCUT2D eigenvalue weighted by Gasteiger charge is 2.08. The summed E-state index contributed by atoms with van der Waals surface area (Å²) in [6, 6.07) is 3.92. The first-order valence-corrected chi connectivity index (χ1v) is 6.16. The van der Waals surface area contributed by atoms with Gasteiger partial charge in [0.15, 0.2) is 0 Å². The van der Waals surface area contributed by atoms with Crippen molar-refractivity contribution < 1.29 is 4.52 Å². The Morgan fingerprint density at radius 3 is 2.59 bits per heavy atom. The molecule has 0 amide bonds. The second-order valence-corrected chi connectivity index (χ2v) is 4.77. The number of nitrogens with one attached hydrogen (secondary N) is 1. The predicted octanol–water partition coefficient (Wildman–Crippen LogP) is 3.37. The molecule has 4 nitrogen and oxygen atoms in total. The van der Waals surface area contributed by atoms with Crippen molar-refractivity contribution in [1.82, 2.24) is 10.1 Å². The molecule has 1 N–H and O–H groups in total. The molecule has 17 heavy (non-hydrogen) atoms. The molecule has 0 atom stereocenters. The van der Waals surface area contributed by atoms with Gasteiger partial charge in [-0.25, -0.2) is 4.98 Å². The van der Waals surface area contributed by atoms with Crippen LogP contribution in [0.25, 0.3) is 0 Å². The molecule has 2 aromatic heterocycles. The molecule has 0 aliphatic rings. The van der Waals surface area contributed by atoms with Crippen molar-refractivity contribution in [2.75, 3.05) is 5.32 Å². The molecule has 5 heteroatoms. The summed E-state index contributed by atoms with van der Waals surface area (Å²) in [5.41, 5.74) is 2.98. The van der Waals surface area contributed by atoms with Crippen molar-refractivity contribution in [2.45, 2.75) is 27.3 Å². The van der Waals surface area contributed by atoms with E-state index in [9.17, 15) is 0 Å². The molecule has 0 aromatic carbocycles. The van der Waals surface area contributed by atoms with E-state index in [1.807, 2.05) is 32.9 Å². The molecule has 0 unspecified atom stereocenters. The number of halogens is 1.